The number of pyridine rings is 1. The monoisotopic (exact) mass is 301 g/mol. The molecule has 0 aliphatic heterocycles. The van der Waals surface area contributed by atoms with Crippen LogP contribution in [0.1, 0.15) is 26.4 Å². The first kappa shape index (κ1) is 15.5. The van der Waals surface area contributed by atoms with Crippen molar-refractivity contribution in [3.05, 3.63) is 53.3 Å². The molecular weight excluding hydrogens is 286 g/mol. The molecule has 114 valence electrons. The summed E-state index contributed by atoms with van der Waals surface area (Å²) in [6.07, 6.45) is 1.44. The molecule has 1 heterocycles. The average Bonchev–Trinajstić information content (AvgIpc) is 2.55. The maximum absolute atomic E-state index is 12.1. The highest BCUT2D eigenvalue weighted by atomic mass is 16.6. The lowest BCUT2D eigenvalue weighted by atomic mass is 10.2. The quantitative estimate of drug-likeness (QED) is 0.637. The average molecular weight is 301 g/mol. The maximum Gasteiger partial charge on any atom is 0.345 e. The van der Waals surface area contributed by atoms with E-state index in [1.807, 2.05) is 6.92 Å². The summed E-state index contributed by atoms with van der Waals surface area (Å²) in [6.45, 7) is 1.82. The molecule has 0 aliphatic rings. The molecule has 22 heavy (non-hydrogen) atoms. The van der Waals surface area contributed by atoms with Crippen LogP contribution in [0.2, 0.25) is 0 Å². The molecule has 0 radical (unpaired) electrons. The predicted molar refractivity (Wildman–Crippen MR) is 78.3 cm³/mol. The van der Waals surface area contributed by atoms with Crippen LogP contribution in [0, 0.1) is 6.92 Å². The molecule has 0 N–H and O–H groups in total. The number of benzene rings is 1. The van der Waals surface area contributed by atoms with Gasteiger partial charge in [0.1, 0.15) is 0 Å². The number of esters is 2. The SMILES string of the molecule is COC(=O)c1ccc(OC(=O)c2ccc(C)nc2)c(OC)c1. The highest BCUT2D eigenvalue weighted by Gasteiger charge is 2.15. The number of ether oxygens (including phenoxy) is 3. The third-order valence-corrected chi connectivity index (χ3v) is 2.93. The van der Waals surface area contributed by atoms with Crippen LogP contribution in [0.25, 0.3) is 0 Å². The molecule has 1 aromatic carbocycles. The first-order valence-corrected chi connectivity index (χ1v) is 6.46. The van der Waals surface area contributed by atoms with Crippen molar-refractivity contribution in [3.8, 4) is 11.5 Å². The molecule has 0 aliphatic carbocycles. The molecule has 6 heteroatoms. The lowest BCUT2D eigenvalue weighted by Crippen LogP contribution is -2.10. The molecule has 2 rings (SSSR count). The van der Waals surface area contributed by atoms with Crippen molar-refractivity contribution < 1.29 is 23.8 Å². The molecule has 0 unspecified atom stereocenters. The number of hydrogen-bond donors (Lipinski definition) is 0. The standard InChI is InChI=1S/C16H15NO5/c1-10-4-5-12(9-17-10)16(19)22-13-7-6-11(15(18)21-3)8-14(13)20-2/h4-9H,1-3H3. The van der Waals surface area contributed by atoms with E-state index in [9.17, 15) is 9.59 Å². The van der Waals surface area contributed by atoms with E-state index in [1.54, 1.807) is 12.1 Å². The van der Waals surface area contributed by atoms with E-state index in [1.165, 1.54) is 38.6 Å². The van der Waals surface area contributed by atoms with E-state index >= 15 is 0 Å². The van der Waals surface area contributed by atoms with Gasteiger partial charge in [0.25, 0.3) is 0 Å². The number of aromatic nitrogens is 1. The molecule has 0 amide bonds. The van der Waals surface area contributed by atoms with E-state index in [2.05, 4.69) is 9.72 Å². The first-order chi connectivity index (χ1) is 10.5. The Bertz CT molecular complexity index is 694. The fraction of sp³-hybridized carbons (Fsp3) is 0.188. The smallest absolute Gasteiger partial charge is 0.345 e. The Morgan fingerprint density at radius 2 is 1.68 bits per heavy atom. The Morgan fingerprint density at radius 3 is 2.27 bits per heavy atom. The van der Waals surface area contributed by atoms with E-state index in [0.717, 1.165) is 5.69 Å². The molecule has 6 nitrogen and oxygen atoms in total. The number of nitrogens with zero attached hydrogens (tertiary/aromatic N) is 1. The summed E-state index contributed by atoms with van der Waals surface area (Å²) in [5, 5.41) is 0. The van der Waals surface area contributed by atoms with Crippen molar-refractivity contribution in [1.29, 1.82) is 0 Å². The van der Waals surface area contributed by atoms with Gasteiger partial charge in [-0.05, 0) is 37.3 Å². The van der Waals surface area contributed by atoms with Gasteiger partial charge in [-0.15, -0.1) is 0 Å². The van der Waals surface area contributed by atoms with Gasteiger partial charge in [-0.2, -0.15) is 0 Å². The van der Waals surface area contributed by atoms with Gasteiger partial charge < -0.3 is 14.2 Å². The molecule has 0 fully saturated rings. The summed E-state index contributed by atoms with van der Waals surface area (Å²) in [6, 6.07) is 7.75. The lowest BCUT2D eigenvalue weighted by molar-refractivity contribution is 0.0600. The zero-order valence-electron chi connectivity index (χ0n) is 12.5. The Kier molecular flexibility index (Phi) is 4.73. The second-order valence-corrected chi connectivity index (χ2v) is 4.43. The molecule has 0 atom stereocenters. The van der Waals surface area contributed by atoms with Crippen molar-refractivity contribution in [2.75, 3.05) is 14.2 Å². The number of aryl methyl sites for hydroxylation is 1. The fourth-order valence-corrected chi connectivity index (χ4v) is 1.74. The first-order valence-electron chi connectivity index (χ1n) is 6.46. The fourth-order valence-electron chi connectivity index (χ4n) is 1.74. The summed E-state index contributed by atoms with van der Waals surface area (Å²) in [5.74, 6) is -0.590. The number of carbonyl (C=O) groups excluding carboxylic acids is 2. The summed E-state index contributed by atoms with van der Waals surface area (Å²) in [7, 11) is 2.70. The van der Waals surface area contributed by atoms with Crippen molar-refractivity contribution in [2.24, 2.45) is 0 Å². The van der Waals surface area contributed by atoms with Gasteiger partial charge in [0.15, 0.2) is 11.5 Å². The van der Waals surface area contributed by atoms with Gasteiger partial charge in [-0.25, -0.2) is 9.59 Å². The summed E-state index contributed by atoms with van der Waals surface area (Å²) < 4.78 is 15.0. The molecule has 2 aromatic rings. The molecule has 0 saturated heterocycles. The Balaban J connectivity index is 2.23. The number of hydrogen-bond acceptors (Lipinski definition) is 6. The van der Waals surface area contributed by atoms with E-state index in [-0.39, 0.29) is 11.5 Å². The maximum atomic E-state index is 12.1. The number of rotatable bonds is 4. The zero-order valence-corrected chi connectivity index (χ0v) is 12.5. The van der Waals surface area contributed by atoms with Crippen molar-refractivity contribution in [3.63, 3.8) is 0 Å². The second-order valence-electron chi connectivity index (χ2n) is 4.43. The minimum Gasteiger partial charge on any atom is -0.493 e. The van der Waals surface area contributed by atoms with Gasteiger partial charge in [-0.3, -0.25) is 4.98 Å². The predicted octanol–water partition coefficient (Wildman–Crippen LogP) is 2.40. The third kappa shape index (κ3) is 3.41. The van der Waals surface area contributed by atoms with Gasteiger partial charge in [-0.1, -0.05) is 0 Å². The minimum atomic E-state index is -0.559. The van der Waals surface area contributed by atoms with Gasteiger partial charge >= 0.3 is 11.9 Å². The molecule has 0 spiro atoms. The van der Waals surface area contributed by atoms with Gasteiger partial charge in [0, 0.05) is 11.9 Å². The summed E-state index contributed by atoms with van der Waals surface area (Å²) >= 11 is 0. The zero-order chi connectivity index (χ0) is 16.1. The molecule has 0 saturated carbocycles. The number of carbonyl (C=O) groups is 2. The second kappa shape index (κ2) is 6.71. The Hall–Kier alpha value is -2.89. The highest BCUT2D eigenvalue weighted by Crippen LogP contribution is 2.29. The van der Waals surface area contributed by atoms with Crippen molar-refractivity contribution in [1.82, 2.24) is 4.98 Å². The van der Waals surface area contributed by atoms with Crippen LogP contribution in [0.5, 0.6) is 11.5 Å². The lowest BCUT2D eigenvalue weighted by Gasteiger charge is -2.10. The van der Waals surface area contributed by atoms with Crippen LogP contribution in [0.15, 0.2) is 36.5 Å². The summed E-state index contributed by atoms with van der Waals surface area (Å²) in [5.41, 5.74) is 1.43. The van der Waals surface area contributed by atoms with E-state index in [0.29, 0.717) is 11.1 Å². The molecule has 0 bridgehead atoms. The minimum absolute atomic E-state index is 0.209. The van der Waals surface area contributed by atoms with Crippen LogP contribution in [-0.4, -0.2) is 31.1 Å². The van der Waals surface area contributed by atoms with Gasteiger partial charge in [0.2, 0.25) is 0 Å². The third-order valence-electron chi connectivity index (χ3n) is 2.93. The van der Waals surface area contributed by atoms with Crippen LogP contribution >= 0.6 is 0 Å². The van der Waals surface area contributed by atoms with E-state index in [4.69, 9.17) is 9.47 Å². The normalized spacial score (nSPS) is 9.95. The number of methoxy groups -OCH3 is 2. The van der Waals surface area contributed by atoms with Crippen LogP contribution in [0.3, 0.4) is 0 Å². The van der Waals surface area contributed by atoms with Crippen LogP contribution in [0.4, 0.5) is 0 Å². The van der Waals surface area contributed by atoms with Crippen LogP contribution < -0.4 is 9.47 Å². The summed E-state index contributed by atoms with van der Waals surface area (Å²) in [4.78, 5) is 27.6. The van der Waals surface area contributed by atoms with Crippen LogP contribution in [-0.2, 0) is 4.74 Å². The largest absolute Gasteiger partial charge is 0.493 e. The molecular formula is C16H15NO5. The topological polar surface area (TPSA) is 74.7 Å². The van der Waals surface area contributed by atoms with E-state index < -0.39 is 11.9 Å². The Labute approximate surface area is 127 Å². The molecule has 1 aromatic heterocycles. The van der Waals surface area contributed by atoms with Crippen molar-refractivity contribution >= 4 is 11.9 Å². The Morgan fingerprint density at radius 1 is 0.955 bits per heavy atom. The van der Waals surface area contributed by atoms with Gasteiger partial charge in [0.05, 0.1) is 25.3 Å². The van der Waals surface area contributed by atoms with Crippen molar-refractivity contribution in [2.45, 2.75) is 6.92 Å². The highest BCUT2D eigenvalue weighted by molar-refractivity contribution is 5.92.